The maximum absolute atomic E-state index is 5.44. The molecule has 0 aromatic carbocycles. The van der Waals surface area contributed by atoms with E-state index >= 15 is 0 Å². The van der Waals surface area contributed by atoms with Crippen LogP contribution in [0.25, 0.3) is 0 Å². The molecule has 11 heavy (non-hydrogen) atoms. The molecule has 2 N–H and O–H groups in total. The fourth-order valence-corrected chi connectivity index (χ4v) is 2.47. The summed E-state index contributed by atoms with van der Waals surface area (Å²) >= 11 is 0. The topological polar surface area (TPSA) is 50.0 Å². The highest BCUT2D eigenvalue weighted by atomic mass is 28.3. The lowest BCUT2D eigenvalue weighted by molar-refractivity contribution is 0.213. The third-order valence-electron chi connectivity index (χ3n) is 1.23. The highest BCUT2D eigenvalue weighted by Crippen LogP contribution is 1.99. The van der Waals surface area contributed by atoms with Gasteiger partial charge in [-0.1, -0.05) is 13.3 Å². The molecule has 0 radical (unpaired) electrons. The van der Waals surface area contributed by atoms with Crippen LogP contribution in [0.4, 0.5) is 0 Å². The Morgan fingerprint density at radius 2 is 1.45 bits per heavy atom. The molecule has 0 rings (SSSR count). The van der Waals surface area contributed by atoms with Crippen LogP contribution < -0.4 is 0 Å². The van der Waals surface area contributed by atoms with Crippen molar-refractivity contribution in [3.63, 3.8) is 0 Å². The van der Waals surface area contributed by atoms with Gasteiger partial charge in [0.1, 0.15) is 0 Å². The molecule has 0 saturated heterocycles. The first-order valence-corrected chi connectivity index (χ1v) is 5.84. The van der Waals surface area contributed by atoms with E-state index in [0.29, 0.717) is 0 Å². The molecule has 0 aliphatic carbocycles. The van der Waals surface area contributed by atoms with Crippen LogP contribution in [-0.4, -0.2) is 28.0 Å². The highest BCUT2D eigenvalue weighted by molar-refractivity contribution is 6.44. The Morgan fingerprint density at radius 1 is 1.00 bits per heavy atom. The summed E-state index contributed by atoms with van der Waals surface area (Å²) in [7, 11) is -1.23. The monoisotopic (exact) mass is 180 g/mol. The summed E-state index contributed by atoms with van der Waals surface area (Å²) < 4.78 is 10.9. The lowest BCUT2D eigenvalue weighted by atomic mass is 10.6. The van der Waals surface area contributed by atoms with Crippen LogP contribution in [0, 0.1) is 0 Å². The summed E-state index contributed by atoms with van der Waals surface area (Å²) in [5.41, 5.74) is 0. The smallest absolute Gasteiger partial charge is 0.321 e. The van der Waals surface area contributed by atoms with E-state index in [-0.39, 0.29) is 5.48 Å². The van der Waals surface area contributed by atoms with Gasteiger partial charge in [0, 0.05) is 13.2 Å². The second-order valence-corrected chi connectivity index (χ2v) is 4.23. The predicted molar refractivity (Wildman–Crippen MR) is 49.1 cm³/mol. The Morgan fingerprint density at radius 3 is 1.73 bits per heavy atom. The van der Waals surface area contributed by atoms with Gasteiger partial charge in [-0.15, -0.1) is 0 Å². The maximum atomic E-state index is 5.44. The molecule has 0 fully saturated rings. The van der Waals surface area contributed by atoms with Crippen LogP contribution in [0.5, 0.6) is 0 Å². The molecule has 0 amide bonds. The van der Waals surface area contributed by atoms with Crippen LogP contribution in [0.15, 0.2) is 0 Å². The van der Waals surface area contributed by atoms with Crippen LogP contribution in [0.1, 0.15) is 27.2 Å². The molecule has 70 valence electrons. The van der Waals surface area contributed by atoms with Crippen LogP contribution in [0.2, 0.25) is 6.04 Å². The quantitative estimate of drug-likeness (QED) is 0.569. The van der Waals surface area contributed by atoms with Crippen LogP contribution in [-0.2, 0) is 8.85 Å². The van der Waals surface area contributed by atoms with Crippen LogP contribution in [0.3, 0.4) is 0 Å². The van der Waals surface area contributed by atoms with Crippen molar-refractivity contribution in [1.82, 2.24) is 0 Å². The zero-order valence-electron chi connectivity index (χ0n) is 7.72. The van der Waals surface area contributed by atoms with E-state index in [4.69, 9.17) is 8.85 Å². The molecule has 0 aromatic rings. The van der Waals surface area contributed by atoms with E-state index in [9.17, 15) is 0 Å². The first-order valence-electron chi connectivity index (χ1n) is 4.08. The van der Waals surface area contributed by atoms with Gasteiger partial charge in [-0.3, -0.25) is 0 Å². The SMILES string of the molecule is CCC[SiH](OCC)OCC.O. The van der Waals surface area contributed by atoms with E-state index < -0.39 is 9.28 Å². The van der Waals surface area contributed by atoms with Gasteiger partial charge < -0.3 is 14.3 Å². The highest BCUT2D eigenvalue weighted by Gasteiger charge is 2.08. The minimum atomic E-state index is -1.23. The third-order valence-corrected chi connectivity index (χ3v) is 3.69. The lowest BCUT2D eigenvalue weighted by Gasteiger charge is -2.12. The molecule has 0 bridgehead atoms. The van der Waals surface area contributed by atoms with Crippen molar-refractivity contribution in [3.05, 3.63) is 0 Å². The summed E-state index contributed by atoms with van der Waals surface area (Å²) in [5, 5.41) is 0. The molecule has 0 saturated carbocycles. The number of hydrogen-bond donors (Lipinski definition) is 0. The first-order chi connectivity index (χ1) is 4.85. The summed E-state index contributed by atoms with van der Waals surface area (Å²) in [6, 6.07) is 1.14. The molecule has 0 heterocycles. The Bertz CT molecular complexity index is 56.4. The fourth-order valence-electron chi connectivity index (χ4n) is 0.822. The van der Waals surface area contributed by atoms with E-state index in [2.05, 4.69) is 6.92 Å². The van der Waals surface area contributed by atoms with Crippen molar-refractivity contribution in [2.75, 3.05) is 13.2 Å². The molecule has 0 aliphatic rings. The largest absolute Gasteiger partial charge is 0.412 e. The molecule has 0 spiro atoms. The minimum absolute atomic E-state index is 0. The van der Waals surface area contributed by atoms with Crippen LogP contribution >= 0.6 is 0 Å². The molecular weight excluding hydrogens is 160 g/mol. The second-order valence-electron chi connectivity index (χ2n) is 2.13. The van der Waals surface area contributed by atoms with Crippen molar-refractivity contribution < 1.29 is 14.3 Å². The van der Waals surface area contributed by atoms with Gasteiger partial charge in [0.25, 0.3) is 0 Å². The average Bonchev–Trinajstić information content (AvgIpc) is 1.90. The maximum Gasteiger partial charge on any atom is 0.321 e. The third kappa shape index (κ3) is 8.00. The average molecular weight is 180 g/mol. The van der Waals surface area contributed by atoms with Gasteiger partial charge in [-0.05, 0) is 19.9 Å². The molecule has 0 unspecified atom stereocenters. The predicted octanol–water partition coefficient (Wildman–Crippen LogP) is 0.865. The van der Waals surface area contributed by atoms with Crippen molar-refractivity contribution in [1.29, 1.82) is 0 Å². The van der Waals surface area contributed by atoms with Crippen molar-refractivity contribution in [3.8, 4) is 0 Å². The lowest BCUT2D eigenvalue weighted by Crippen LogP contribution is -2.22. The summed E-state index contributed by atoms with van der Waals surface area (Å²) in [6.07, 6.45) is 1.18. The number of hydrogen-bond acceptors (Lipinski definition) is 2. The van der Waals surface area contributed by atoms with E-state index in [1.807, 2.05) is 13.8 Å². The Hall–Kier alpha value is 0.0969. The Labute approximate surface area is 70.9 Å². The van der Waals surface area contributed by atoms with E-state index in [1.165, 1.54) is 6.42 Å². The van der Waals surface area contributed by atoms with Crippen molar-refractivity contribution >= 4 is 9.28 Å². The van der Waals surface area contributed by atoms with Gasteiger partial charge in [0.2, 0.25) is 0 Å². The van der Waals surface area contributed by atoms with Gasteiger partial charge in [0.05, 0.1) is 0 Å². The Kier molecular flexibility index (Phi) is 12.5. The molecular formula is C7H20O3Si. The standard InChI is InChI=1S/C7H18O2Si.H2O/c1-4-7-10(8-5-2)9-6-3;/h10H,4-7H2,1-3H3;1H2. The minimum Gasteiger partial charge on any atom is -0.412 e. The van der Waals surface area contributed by atoms with Crippen molar-refractivity contribution in [2.45, 2.75) is 33.2 Å². The van der Waals surface area contributed by atoms with Gasteiger partial charge in [-0.2, -0.15) is 0 Å². The second kappa shape index (κ2) is 10.1. The normalized spacial score (nSPS) is 9.82. The molecule has 4 heteroatoms. The summed E-state index contributed by atoms with van der Waals surface area (Å²) in [6.45, 7) is 7.81. The molecule has 3 nitrogen and oxygen atoms in total. The zero-order valence-corrected chi connectivity index (χ0v) is 8.88. The van der Waals surface area contributed by atoms with Gasteiger partial charge in [0.15, 0.2) is 0 Å². The first kappa shape index (κ1) is 13.7. The molecule has 0 aliphatic heterocycles. The van der Waals surface area contributed by atoms with E-state index in [1.54, 1.807) is 0 Å². The number of rotatable bonds is 6. The molecule has 0 atom stereocenters. The molecule has 0 aromatic heterocycles. The van der Waals surface area contributed by atoms with Gasteiger partial charge in [-0.25, -0.2) is 0 Å². The summed E-state index contributed by atoms with van der Waals surface area (Å²) in [5.74, 6) is 0. The Balaban J connectivity index is 0. The van der Waals surface area contributed by atoms with E-state index in [0.717, 1.165) is 19.3 Å². The summed E-state index contributed by atoms with van der Waals surface area (Å²) in [4.78, 5) is 0. The zero-order chi connectivity index (χ0) is 7.82. The fraction of sp³-hybridized carbons (Fsp3) is 1.00. The van der Waals surface area contributed by atoms with Crippen molar-refractivity contribution in [2.24, 2.45) is 0 Å². The van der Waals surface area contributed by atoms with Gasteiger partial charge >= 0.3 is 9.28 Å².